The van der Waals surface area contributed by atoms with Crippen LogP contribution in [0.2, 0.25) is 10.0 Å². The number of amides is 1. The van der Waals surface area contributed by atoms with Crippen molar-refractivity contribution in [3.8, 4) is 11.3 Å². The third-order valence-corrected chi connectivity index (χ3v) is 4.24. The van der Waals surface area contributed by atoms with Crippen molar-refractivity contribution in [2.45, 2.75) is 13.3 Å². The van der Waals surface area contributed by atoms with Crippen molar-refractivity contribution in [2.24, 2.45) is 5.10 Å². The highest BCUT2D eigenvalue weighted by atomic mass is 35.5. The molecule has 1 N–H and O–H groups in total. The lowest BCUT2D eigenvalue weighted by molar-refractivity contribution is -0.120. The van der Waals surface area contributed by atoms with Crippen molar-refractivity contribution in [1.82, 2.24) is 5.43 Å². The average molecular weight is 387 g/mol. The molecule has 1 aromatic heterocycles. The van der Waals surface area contributed by atoms with Gasteiger partial charge in [-0.05, 0) is 42.8 Å². The van der Waals surface area contributed by atoms with E-state index in [2.05, 4.69) is 10.5 Å². The predicted octanol–water partition coefficient (Wildman–Crippen LogP) is 5.25. The van der Waals surface area contributed by atoms with Crippen LogP contribution in [0.3, 0.4) is 0 Å². The minimum absolute atomic E-state index is 0.197. The maximum absolute atomic E-state index is 11.9. The molecule has 26 heavy (non-hydrogen) atoms. The Morgan fingerprint density at radius 3 is 2.62 bits per heavy atom. The number of nitrogens with zero attached hydrogens (tertiary/aromatic N) is 1. The summed E-state index contributed by atoms with van der Waals surface area (Å²) in [5.41, 5.74) is 5.31. The van der Waals surface area contributed by atoms with E-state index < -0.39 is 0 Å². The van der Waals surface area contributed by atoms with E-state index in [-0.39, 0.29) is 12.3 Å². The highest BCUT2D eigenvalue weighted by Crippen LogP contribution is 2.31. The first-order chi connectivity index (χ1) is 12.5. The van der Waals surface area contributed by atoms with Crippen LogP contribution in [0.15, 0.2) is 64.1 Å². The van der Waals surface area contributed by atoms with E-state index in [1.165, 1.54) is 6.21 Å². The third kappa shape index (κ3) is 4.75. The molecule has 0 aliphatic carbocycles. The van der Waals surface area contributed by atoms with Crippen molar-refractivity contribution in [2.75, 3.05) is 0 Å². The second kappa shape index (κ2) is 8.21. The summed E-state index contributed by atoms with van der Waals surface area (Å²) in [6.45, 7) is 2.00. The topological polar surface area (TPSA) is 54.6 Å². The van der Waals surface area contributed by atoms with Crippen LogP contribution in [0.1, 0.15) is 16.9 Å². The highest BCUT2D eigenvalue weighted by Gasteiger charge is 2.08. The van der Waals surface area contributed by atoms with Gasteiger partial charge in [0.25, 0.3) is 0 Å². The molecule has 132 valence electrons. The van der Waals surface area contributed by atoms with Gasteiger partial charge in [0.1, 0.15) is 11.5 Å². The quantitative estimate of drug-likeness (QED) is 0.480. The number of hydrogen-bond donors (Lipinski definition) is 1. The monoisotopic (exact) mass is 386 g/mol. The van der Waals surface area contributed by atoms with Crippen molar-refractivity contribution in [1.29, 1.82) is 0 Å². The lowest BCUT2D eigenvalue weighted by Gasteiger charge is -2.01. The predicted molar refractivity (Wildman–Crippen MR) is 105 cm³/mol. The van der Waals surface area contributed by atoms with Gasteiger partial charge in [0.05, 0.1) is 17.7 Å². The van der Waals surface area contributed by atoms with Crippen LogP contribution in [0, 0.1) is 6.92 Å². The first kappa shape index (κ1) is 18.2. The Labute approximate surface area is 161 Å². The summed E-state index contributed by atoms with van der Waals surface area (Å²) >= 11 is 12.1. The number of benzene rings is 2. The lowest BCUT2D eigenvalue weighted by atomic mass is 10.1. The molecular formula is C20H16Cl2N2O2. The van der Waals surface area contributed by atoms with E-state index in [9.17, 15) is 4.79 Å². The number of halogens is 2. The number of carbonyl (C=O) groups excluding carboxylic acids is 1. The van der Waals surface area contributed by atoms with E-state index in [1.54, 1.807) is 30.3 Å². The first-order valence-electron chi connectivity index (χ1n) is 7.94. The number of carbonyl (C=O) groups is 1. The fourth-order valence-corrected chi connectivity index (χ4v) is 2.86. The van der Waals surface area contributed by atoms with E-state index >= 15 is 0 Å². The van der Waals surface area contributed by atoms with Crippen LogP contribution < -0.4 is 5.43 Å². The molecule has 2 aromatic carbocycles. The van der Waals surface area contributed by atoms with Gasteiger partial charge in [-0.3, -0.25) is 4.79 Å². The van der Waals surface area contributed by atoms with Gasteiger partial charge >= 0.3 is 0 Å². The molecule has 6 heteroatoms. The van der Waals surface area contributed by atoms with Gasteiger partial charge in [0.2, 0.25) is 5.91 Å². The third-order valence-electron chi connectivity index (χ3n) is 3.69. The average Bonchev–Trinajstić information content (AvgIpc) is 3.05. The second-order valence-corrected chi connectivity index (χ2v) is 6.63. The van der Waals surface area contributed by atoms with Crippen LogP contribution in [0.5, 0.6) is 0 Å². The van der Waals surface area contributed by atoms with E-state index in [1.807, 2.05) is 31.2 Å². The van der Waals surface area contributed by atoms with Crippen molar-refractivity contribution >= 4 is 35.3 Å². The molecule has 1 amide bonds. The Bertz CT molecular complexity index is 947. The van der Waals surface area contributed by atoms with E-state index in [0.717, 1.165) is 16.7 Å². The van der Waals surface area contributed by atoms with Crippen LogP contribution in [-0.2, 0) is 11.2 Å². The van der Waals surface area contributed by atoms with Crippen molar-refractivity contribution in [3.05, 3.63) is 81.5 Å². The van der Waals surface area contributed by atoms with Crippen LogP contribution in [0.4, 0.5) is 0 Å². The zero-order chi connectivity index (χ0) is 18.5. The molecule has 0 fully saturated rings. The Balaban J connectivity index is 1.60. The molecule has 0 saturated carbocycles. The Kier molecular flexibility index (Phi) is 5.76. The summed E-state index contributed by atoms with van der Waals surface area (Å²) in [6.07, 6.45) is 1.71. The Morgan fingerprint density at radius 1 is 1.12 bits per heavy atom. The lowest BCUT2D eigenvalue weighted by Crippen LogP contribution is -2.19. The standard InChI is InChI=1S/C20H16Cl2N2O2/c1-13-2-4-14(5-3-13)10-20(25)24-23-12-16-7-9-19(26-16)17-8-6-15(21)11-18(17)22/h2-9,11-12H,10H2,1H3,(H,24,25)/b23-12-. The molecule has 0 aliphatic rings. The molecule has 0 spiro atoms. The highest BCUT2D eigenvalue weighted by molar-refractivity contribution is 6.36. The molecule has 0 aliphatic heterocycles. The summed E-state index contributed by atoms with van der Waals surface area (Å²) in [5, 5.41) is 4.99. The Hall–Kier alpha value is -2.56. The van der Waals surface area contributed by atoms with Crippen molar-refractivity contribution in [3.63, 3.8) is 0 Å². The van der Waals surface area contributed by atoms with Gasteiger partial charge in [-0.2, -0.15) is 5.10 Å². The normalized spacial score (nSPS) is 11.0. The van der Waals surface area contributed by atoms with Crippen LogP contribution >= 0.6 is 23.2 Å². The van der Waals surface area contributed by atoms with Crippen LogP contribution in [-0.4, -0.2) is 12.1 Å². The SMILES string of the molecule is Cc1ccc(CC(=O)N/N=C\c2ccc(-c3ccc(Cl)cc3Cl)o2)cc1. The van der Waals surface area contributed by atoms with Gasteiger partial charge in [0, 0.05) is 10.6 Å². The molecular weight excluding hydrogens is 371 g/mol. The number of nitrogens with one attached hydrogen (secondary N) is 1. The number of furan rings is 1. The summed E-state index contributed by atoms with van der Waals surface area (Å²) in [6, 6.07) is 16.5. The summed E-state index contributed by atoms with van der Waals surface area (Å²) in [4.78, 5) is 11.9. The molecule has 4 nitrogen and oxygen atoms in total. The number of rotatable bonds is 5. The summed E-state index contributed by atoms with van der Waals surface area (Å²) < 4.78 is 5.68. The number of hydrazone groups is 1. The van der Waals surface area contributed by atoms with Gasteiger partial charge < -0.3 is 4.42 Å². The first-order valence-corrected chi connectivity index (χ1v) is 8.69. The smallest absolute Gasteiger partial charge is 0.244 e. The molecule has 1 heterocycles. The maximum atomic E-state index is 11.9. The Morgan fingerprint density at radius 2 is 1.88 bits per heavy atom. The molecule has 0 bridgehead atoms. The molecule has 0 unspecified atom stereocenters. The number of aryl methyl sites for hydroxylation is 1. The molecule has 0 atom stereocenters. The van der Waals surface area contributed by atoms with Gasteiger partial charge in [-0.25, -0.2) is 5.43 Å². The van der Waals surface area contributed by atoms with Crippen LogP contribution in [0.25, 0.3) is 11.3 Å². The second-order valence-electron chi connectivity index (χ2n) is 5.78. The summed E-state index contributed by atoms with van der Waals surface area (Å²) in [5.74, 6) is 0.901. The maximum Gasteiger partial charge on any atom is 0.244 e. The van der Waals surface area contributed by atoms with Crippen molar-refractivity contribution < 1.29 is 9.21 Å². The van der Waals surface area contributed by atoms with E-state index in [0.29, 0.717) is 21.6 Å². The molecule has 0 saturated heterocycles. The fraction of sp³-hybridized carbons (Fsp3) is 0.100. The van der Waals surface area contributed by atoms with Gasteiger partial charge in [0.15, 0.2) is 0 Å². The molecule has 3 rings (SSSR count). The molecule has 3 aromatic rings. The largest absolute Gasteiger partial charge is 0.455 e. The summed E-state index contributed by atoms with van der Waals surface area (Å²) in [7, 11) is 0. The minimum atomic E-state index is -0.197. The zero-order valence-electron chi connectivity index (χ0n) is 14.0. The van der Waals surface area contributed by atoms with Gasteiger partial charge in [-0.15, -0.1) is 0 Å². The van der Waals surface area contributed by atoms with E-state index in [4.69, 9.17) is 27.6 Å². The van der Waals surface area contributed by atoms with Gasteiger partial charge in [-0.1, -0.05) is 53.0 Å². The fourth-order valence-electron chi connectivity index (χ4n) is 2.36. The number of hydrogen-bond acceptors (Lipinski definition) is 3. The minimum Gasteiger partial charge on any atom is -0.455 e. The zero-order valence-corrected chi connectivity index (χ0v) is 15.5. The molecule has 0 radical (unpaired) electrons.